The minimum absolute atomic E-state index is 0.0271. The van der Waals surface area contributed by atoms with Crippen LogP contribution in [0.25, 0.3) is 0 Å². The number of rotatable bonds is 4. The van der Waals surface area contributed by atoms with Crippen LogP contribution in [-0.4, -0.2) is 15.5 Å². The molecule has 0 aliphatic heterocycles. The van der Waals surface area contributed by atoms with E-state index in [1.807, 2.05) is 6.92 Å². The predicted octanol–water partition coefficient (Wildman–Crippen LogP) is 3.87. The van der Waals surface area contributed by atoms with Gasteiger partial charge in [0.05, 0.1) is 10.6 Å². The molecule has 0 saturated heterocycles. The molecule has 0 spiro atoms. The standard InChI is InChI=1S/C14H13ClN2O3S/c1-10-3-6-12(7-4-10)21(19,20)17(2)14-8-5-11(15)9-13(14)16-18/h3-9H,1-2H3. The highest BCUT2D eigenvalue weighted by molar-refractivity contribution is 7.92. The maximum Gasteiger partial charge on any atom is 0.264 e. The smallest absolute Gasteiger partial charge is 0.264 e. The summed E-state index contributed by atoms with van der Waals surface area (Å²) < 4.78 is 26.1. The number of halogens is 1. The zero-order valence-corrected chi connectivity index (χ0v) is 13.0. The van der Waals surface area contributed by atoms with Gasteiger partial charge in [0.15, 0.2) is 0 Å². The zero-order valence-electron chi connectivity index (χ0n) is 11.4. The Bertz CT molecular complexity index is 773. The van der Waals surface area contributed by atoms with Gasteiger partial charge in [0, 0.05) is 12.1 Å². The molecule has 0 N–H and O–H groups in total. The molecular weight excluding hydrogens is 312 g/mol. The first-order chi connectivity index (χ1) is 9.86. The molecule has 2 aromatic carbocycles. The van der Waals surface area contributed by atoms with E-state index >= 15 is 0 Å². The topological polar surface area (TPSA) is 66.8 Å². The summed E-state index contributed by atoms with van der Waals surface area (Å²) in [5.74, 6) is 0. The van der Waals surface area contributed by atoms with Crippen molar-refractivity contribution < 1.29 is 8.42 Å². The van der Waals surface area contributed by atoms with E-state index in [1.54, 1.807) is 12.1 Å². The van der Waals surface area contributed by atoms with Gasteiger partial charge in [-0.15, -0.1) is 4.91 Å². The fourth-order valence-corrected chi connectivity index (χ4v) is 3.21. The molecule has 0 amide bonds. The third-order valence-corrected chi connectivity index (χ3v) is 5.08. The SMILES string of the molecule is Cc1ccc(S(=O)(=O)N(C)c2ccc(Cl)cc2N=O)cc1. The Morgan fingerprint density at radius 3 is 2.29 bits per heavy atom. The largest absolute Gasteiger partial charge is 0.267 e. The quantitative estimate of drug-likeness (QED) is 0.802. The van der Waals surface area contributed by atoms with Gasteiger partial charge in [0.25, 0.3) is 10.0 Å². The minimum atomic E-state index is -3.76. The Morgan fingerprint density at radius 1 is 1.10 bits per heavy atom. The van der Waals surface area contributed by atoms with Gasteiger partial charge in [-0.3, -0.25) is 4.31 Å². The highest BCUT2D eigenvalue weighted by atomic mass is 35.5. The van der Waals surface area contributed by atoms with Crippen LogP contribution in [0.5, 0.6) is 0 Å². The lowest BCUT2D eigenvalue weighted by molar-refractivity contribution is 0.594. The van der Waals surface area contributed by atoms with Crippen LogP contribution < -0.4 is 4.31 Å². The van der Waals surface area contributed by atoms with Crippen molar-refractivity contribution in [1.82, 2.24) is 0 Å². The van der Waals surface area contributed by atoms with Gasteiger partial charge in [-0.25, -0.2) is 8.42 Å². The molecule has 21 heavy (non-hydrogen) atoms. The average Bonchev–Trinajstić information content (AvgIpc) is 2.46. The lowest BCUT2D eigenvalue weighted by Gasteiger charge is -2.20. The normalized spacial score (nSPS) is 11.2. The summed E-state index contributed by atoms with van der Waals surface area (Å²) in [7, 11) is -2.39. The fourth-order valence-electron chi connectivity index (χ4n) is 1.83. The number of aryl methyl sites for hydroxylation is 1. The van der Waals surface area contributed by atoms with Crippen LogP contribution in [-0.2, 0) is 10.0 Å². The second kappa shape index (κ2) is 5.83. The summed E-state index contributed by atoms with van der Waals surface area (Å²) >= 11 is 5.78. The number of hydrogen-bond donors (Lipinski definition) is 0. The number of nitrogens with zero attached hydrogens (tertiary/aromatic N) is 2. The number of hydrogen-bond acceptors (Lipinski definition) is 4. The number of anilines is 1. The second-order valence-electron chi connectivity index (χ2n) is 4.51. The Balaban J connectivity index is 2.50. The third kappa shape index (κ3) is 3.06. The first-order valence-corrected chi connectivity index (χ1v) is 7.86. The average molecular weight is 325 g/mol. The molecule has 2 rings (SSSR count). The van der Waals surface area contributed by atoms with E-state index < -0.39 is 10.0 Å². The van der Waals surface area contributed by atoms with Gasteiger partial charge < -0.3 is 0 Å². The van der Waals surface area contributed by atoms with E-state index in [9.17, 15) is 13.3 Å². The molecular formula is C14H13ClN2O3S. The summed E-state index contributed by atoms with van der Waals surface area (Å²) in [6.07, 6.45) is 0. The molecule has 0 aromatic heterocycles. The van der Waals surface area contributed by atoms with Crippen molar-refractivity contribution in [3.8, 4) is 0 Å². The fraction of sp³-hybridized carbons (Fsp3) is 0.143. The maximum absolute atomic E-state index is 12.5. The molecule has 0 aliphatic carbocycles. The van der Waals surface area contributed by atoms with Crippen molar-refractivity contribution >= 4 is 33.0 Å². The van der Waals surface area contributed by atoms with Crippen LogP contribution in [0.3, 0.4) is 0 Å². The van der Waals surface area contributed by atoms with E-state index in [4.69, 9.17) is 11.6 Å². The van der Waals surface area contributed by atoms with Crippen molar-refractivity contribution in [1.29, 1.82) is 0 Å². The van der Waals surface area contributed by atoms with Crippen LogP contribution in [0.15, 0.2) is 52.5 Å². The monoisotopic (exact) mass is 324 g/mol. The summed E-state index contributed by atoms with van der Waals surface area (Å²) in [4.78, 5) is 11.0. The Labute approximate surface area is 128 Å². The van der Waals surface area contributed by atoms with Crippen molar-refractivity contribution in [2.24, 2.45) is 5.18 Å². The zero-order chi connectivity index (χ0) is 15.6. The summed E-state index contributed by atoms with van der Waals surface area (Å²) in [6.45, 7) is 1.87. The summed E-state index contributed by atoms with van der Waals surface area (Å²) in [5, 5.41) is 3.15. The van der Waals surface area contributed by atoms with Crippen molar-refractivity contribution in [2.45, 2.75) is 11.8 Å². The Kier molecular flexibility index (Phi) is 4.29. The molecule has 0 saturated carbocycles. The second-order valence-corrected chi connectivity index (χ2v) is 6.92. The summed E-state index contributed by atoms with van der Waals surface area (Å²) in [5.41, 5.74) is 1.11. The predicted molar refractivity (Wildman–Crippen MR) is 83.7 cm³/mol. The molecule has 0 atom stereocenters. The van der Waals surface area contributed by atoms with Crippen LogP contribution in [0.4, 0.5) is 11.4 Å². The first-order valence-electron chi connectivity index (χ1n) is 6.05. The molecule has 0 fully saturated rings. The van der Waals surface area contributed by atoms with Gasteiger partial charge in [-0.05, 0) is 42.4 Å². The molecule has 0 unspecified atom stereocenters. The Hall–Kier alpha value is -1.92. The van der Waals surface area contributed by atoms with Crippen molar-refractivity contribution in [2.75, 3.05) is 11.4 Å². The van der Waals surface area contributed by atoms with Gasteiger partial charge >= 0.3 is 0 Å². The third-order valence-electron chi connectivity index (χ3n) is 3.05. The van der Waals surface area contributed by atoms with Gasteiger partial charge in [-0.2, -0.15) is 0 Å². The molecule has 2 aromatic rings. The molecule has 7 heteroatoms. The molecule has 110 valence electrons. The van der Waals surface area contributed by atoms with E-state index in [0.29, 0.717) is 5.02 Å². The first kappa shape index (κ1) is 15.5. The van der Waals surface area contributed by atoms with Crippen LogP contribution in [0.2, 0.25) is 5.02 Å². The lowest BCUT2D eigenvalue weighted by Crippen LogP contribution is -2.26. The van der Waals surface area contributed by atoms with E-state index in [1.165, 1.54) is 37.4 Å². The number of nitroso groups, excluding NO2 is 1. The van der Waals surface area contributed by atoms with Crippen LogP contribution >= 0.6 is 11.6 Å². The lowest BCUT2D eigenvalue weighted by atomic mass is 10.2. The summed E-state index contributed by atoms with van der Waals surface area (Å²) in [6, 6.07) is 10.7. The van der Waals surface area contributed by atoms with Crippen molar-refractivity contribution in [3.63, 3.8) is 0 Å². The minimum Gasteiger partial charge on any atom is -0.267 e. The van der Waals surface area contributed by atoms with Crippen LogP contribution in [0.1, 0.15) is 5.56 Å². The molecule has 5 nitrogen and oxygen atoms in total. The molecule has 0 aliphatic rings. The molecule has 0 radical (unpaired) electrons. The van der Waals surface area contributed by atoms with Crippen LogP contribution in [0, 0.1) is 11.8 Å². The molecule has 0 bridgehead atoms. The van der Waals surface area contributed by atoms with E-state index in [2.05, 4.69) is 5.18 Å². The van der Waals surface area contributed by atoms with Gasteiger partial charge in [0.2, 0.25) is 0 Å². The maximum atomic E-state index is 12.5. The van der Waals surface area contributed by atoms with E-state index in [-0.39, 0.29) is 16.3 Å². The highest BCUT2D eigenvalue weighted by Gasteiger charge is 2.23. The Morgan fingerprint density at radius 2 is 1.71 bits per heavy atom. The van der Waals surface area contributed by atoms with E-state index in [0.717, 1.165) is 9.87 Å². The van der Waals surface area contributed by atoms with Gasteiger partial charge in [0.1, 0.15) is 5.69 Å². The molecule has 0 heterocycles. The van der Waals surface area contributed by atoms with Gasteiger partial charge in [-0.1, -0.05) is 29.3 Å². The number of benzene rings is 2. The highest BCUT2D eigenvalue weighted by Crippen LogP contribution is 2.33. The number of sulfonamides is 1. The van der Waals surface area contributed by atoms with Crippen molar-refractivity contribution in [3.05, 3.63) is 58.0 Å².